The van der Waals surface area contributed by atoms with Crippen molar-refractivity contribution in [3.05, 3.63) is 35.9 Å². The first-order valence-corrected chi connectivity index (χ1v) is 8.94. The fourth-order valence-corrected chi connectivity index (χ4v) is 3.62. The van der Waals surface area contributed by atoms with Crippen molar-refractivity contribution in [2.45, 2.75) is 38.8 Å². The second-order valence-electron chi connectivity index (χ2n) is 5.92. The van der Waals surface area contributed by atoms with Crippen molar-refractivity contribution in [3.8, 4) is 0 Å². The number of piperazine rings is 1. The van der Waals surface area contributed by atoms with Crippen LogP contribution in [0.2, 0.25) is 0 Å². The maximum atomic E-state index is 3.66. The lowest BCUT2D eigenvalue weighted by Gasteiger charge is -2.48. The van der Waals surface area contributed by atoms with Crippen molar-refractivity contribution in [1.82, 2.24) is 10.2 Å². The molecule has 0 saturated carbocycles. The van der Waals surface area contributed by atoms with Crippen molar-refractivity contribution < 1.29 is 0 Å². The van der Waals surface area contributed by atoms with E-state index < -0.39 is 0 Å². The van der Waals surface area contributed by atoms with E-state index in [1.54, 1.807) is 0 Å². The molecule has 0 aliphatic carbocycles. The average molecular weight is 292 g/mol. The summed E-state index contributed by atoms with van der Waals surface area (Å²) in [7, 11) is 0. The average Bonchev–Trinajstić information content (AvgIpc) is 2.48. The predicted molar refractivity (Wildman–Crippen MR) is 90.4 cm³/mol. The summed E-state index contributed by atoms with van der Waals surface area (Å²) in [5, 5.41) is 3.66. The topological polar surface area (TPSA) is 15.3 Å². The summed E-state index contributed by atoms with van der Waals surface area (Å²) in [6.07, 6.45) is 1.29. The number of rotatable bonds is 6. The van der Waals surface area contributed by atoms with Crippen LogP contribution in [0, 0.1) is 0 Å². The van der Waals surface area contributed by atoms with Crippen LogP contribution in [0.5, 0.6) is 0 Å². The van der Waals surface area contributed by atoms with Gasteiger partial charge in [0.15, 0.2) is 0 Å². The van der Waals surface area contributed by atoms with Crippen LogP contribution < -0.4 is 5.32 Å². The fraction of sp³-hybridized carbons (Fsp3) is 0.647. The van der Waals surface area contributed by atoms with Crippen molar-refractivity contribution in [2.75, 3.05) is 31.1 Å². The van der Waals surface area contributed by atoms with Crippen LogP contribution >= 0.6 is 11.8 Å². The molecule has 0 amide bonds. The van der Waals surface area contributed by atoms with Crippen molar-refractivity contribution >= 4 is 11.8 Å². The molecule has 1 aromatic rings. The minimum atomic E-state index is 0.130. The van der Waals surface area contributed by atoms with Gasteiger partial charge in [-0.3, -0.25) is 4.90 Å². The maximum Gasteiger partial charge on any atom is 0.0558 e. The molecule has 0 bridgehead atoms. The molecule has 0 aromatic heterocycles. The van der Waals surface area contributed by atoms with Crippen molar-refractivity contribution in [1.29, 1.82) is 0 Å². The Balaban J connectivity index is 2.07. The van der Waals surface area contributed by atoms with Gasteiger partial charge in [-0.25, -0.2) is 0 Å². The molecule has 0 radical (unpaired) electrons. The third kappa shape index (κ3) is 3.78. The van der Waals surface area contributed by atoms with Crippen LogP contribution in [-0.2, 0) is 5.54 Å². The van der Waals surface area contributed by atoms with E-state index in [-0.39, 0.29) is 5.54 Å². The van der Waals surface area contributed by atoms with Gasteiger partial charge in [0.05, 0.1) is 5.54 Å². The van der Waals surface area contributed by atoms with Gasteiger partial charge in [-0.15, -0.1) is 0 Å². The molecule has 20 heavy (non-hydrogen) atoms. The third-order valence-corrected chi connectivity index (χ3v) is 5.29. The summed E-state index contributed by atoms with van der Waals surface area (Å²) >= 11 is 2.05. The van der Waals surface area contributed by atoms with Gasteiger partial charge in [-0.05, 0) is 43.9 Å². The van der Waals surface area contributed by atoms with E-state index in [1.807, 2.05) is 0 Å². The van der Waals surface area contributed by atoms with Gasteiger partial charge in [-0.2, -0.15) is 11.8 Å². The Morgan fingerprint density at radius 1 is 1.35 bits per heavy atom. The van der Waals surface area contributed by atoms with Gasteiger partial charge in [0.1, 0.15) is 0 Å². The Bertz CT molecular complexity index is 395. The summed E-state index contributed by atoms with van der Waals surface area (Å²) in [5.74, 6) is 2.51. The highest BCUT2D eigenvalue weighted by Gasteiger charge is 2.37. The van der Waals surface area contributed by atoms with E-state index in [2.05, 4.69) is 73.1 Å². The van der Waals surface area contributed by atoms with Gasteiger partial charge in [0.2, 0.25) is 0 Å². The Morgan fingerprint density at radius 3 is 2.80 bits per heavy atom. The zero-order valence-electron chi connectivity index (χ0n) is 13.1. The van der Waals surface area contributed by atoms with Gasteiger partial charge in [-0.1, -0.05) is 37.3 Å². The summed E-state index contributed by atoms with van der Waals surface area (Å²) in [4.78, 5) is 2.68. The molecule has 3 heteroatoms. The molecule has 2 rings (SSSR count). The predicted octanol–water partition coefficient (Wildman–Crippen LogP) is 3.34. The minimum Gasteiger partial charge on any atom is -0.311 e. The molecular formula is C17H28N2S. The van der Waals surface area contributed by atoms with Crippen molar-refractivity contribution in [2.24, 2.45) is 0 Å². The molecule has 1 saturated heterocycles. The fourth-order valence-electron chi connectivity index (χ4n) is 3.00. The molecule has 2 atom stereocenters. The van der Waals surface area contributed by atoms with Gasteiger partial charge < -0.3 is 5.32 Å². The van der Waals surface area contributed by atoms with Crippen LogP contribution in [0.3, 0.4) is 0 Å². The van der Waals surface area contributed by atoms with Crippen LogP contribution in [0.25, 0.3) is 0 Å². The molecule has 1 aliphatic heterocycles. The Hall–Kier alpha value is -0.510. The molecule has 1 fully saturated rings. The maximum absolute atomic E-state index is 3.66. The molecule has 2 unspecified atom stereocenters. The number of hydrogen-bond acceptors (Lipinski definition) is 3. The molecule has 0 spiro atoms. The monoisotopic (exact) mass is 292 g/mol. The highest BCUT2D eigenvalue weighted by Crippen LogP contribution is 2.30. The lowest BCUT2D eigenvalue weighted by molar-refractivity contribution is 0.0540. The number of hydrogen-bond donors (Lipinski definition) is 1. The second kappa shape index (κ2) is 7.48. The largest absolute Gasteiger partial charge is 0.311 e. The SMILES string of the molecule is CCSCCCN1CC(C)NCC1(C)c1ccccc1. The first kappa shape index (κ1) is 15.9. The van der Waals surface area contributed by atoms with Crippen LogP contribution in [0.1, 0.15) is 32.8 Å². The summed E-state index contributed by atoms with van der Waals surface area (Å²) in [6.45, 7) is 10.3. The molecule has 1 aromatic carbocycles. The van der Waals surface area contributed by atoms with Gasteiger partial charge >= 0.3 is 0 Å². The summed E-state index contributed by atoms with van der Waals surface area (Å²) < 4.78 is 0. The smallest absolute Gasteiger partial charge is 0.0558 e. The Kier molecular flexibility index (Phi) is 5.94. The molecule has 2 nitrogen and oxygen atoms in total. The van der Waals surface area contributed by atoms with E-state index in [4.69, 9.17) is 0 Å². The van der Waals surface area contributed by atoms with E-state index in [0.717, 1.165) is 13.1 Å². The molecular weight excluding hydrogens is 264 g/mol. The van der Waals surface area contributed by atoms with Crippen LogP contribution in [0.15, 0.2) is 30.3 Å². The molecule has 112 valence electrons. The number of nitrogens with one attached hydrogen (secondary N) is 1. The van der Waals surface area contributed by atoms with Gasteiger partial charge in [0, 0.05) is 19.1 Å². The third-order valence-electron chi connectivity index (χ3n) is 4.30. The number of benzene rings is 1. The molecule has 1 aliphatic rings. The first-order chi connectivity index (χ1) is 9.66. The normalized spacial score (nSPS) is 27.6. The first-order valence-electron chi connectivity index (χ1n) is 7.78. The van der Waals surface area contributed by atoms with Crippen LogP contribution in [-0.4, -0.2) is 42.1 Å². The second-order valence-corrected chi connectivity index (χ2v) is 7.31. The standard InChI is InChI=1S/C17H28N2S/c1-4-20-12-8-11-19-13-15(2)18-14-17(19,3)16-9-6-5-7-10-16/h5-7,9-10,15,18H,4,8,11-14H2,1-3H3. The number of thioether (sulfide) groups is 1. The van der Waals surface area contributed by atoms with Crippen molar-refractivity contribution in [3.63, 3.8) is 0 Å². The van der Waals surface area contributed by atoms with E-state index in [0.29, 0.717) is 6.04 Å². The molecule has 1 heterocycles. The lowest BCUT2D eigenvalue weighted by Crippen LogP contribution is -2.60. The summed E-state index contributed by atoms with van der Waals surface area (Å²) in [6, 6.07) is 11.5. The molecule has 1 N–H and O–H groups in total. The van der Waals surface area contributed by atoms with E-state index in [9.17, 15) is 0 Å². The highest BCUT2D eigenvalue weighted by atomic mass is 32.2. The van der Waals surface area contributed by atoms with Gasteiger partial charge in [0.25, 0.3) is 0 Å². The quantitative estimate of drug-likeness (QED) is 0.810. The number of nitrogens with zero attached hydrogens (tertiary/aromatic N) is 1. The lowest BCUT2D eigenvalue weighted by atomic mass is 9.87. The summed E-state index contributed by atoms with van der Waals surface area (Å²) in [5.41, 5.74) is 1.56. The zero-order valence-corrected chi connectivity index (χ0v) is 13.9. The van der Waals surface area contributed by atoms with Crippen LogP contribution in [0.4, 0.5) is 0 Å². The van der Waals surface area contributed by atoms with E-state index >= 15 is 0 Å². The Labute approximate surface area is 128 Å². The van der Waals surface area contributed by atoms with E-state index in [1.165, 1.54) is 30.0 Å². The highest BCUT2D eigenvalue weighted by molar-refractivity contribution is 7.99. The minimum absolute atomic E-state index is 0.130. The Morgan fingerprint density at radius 2 is 2.10 bits per heavy atom. The zero-order chi connectivity index (χ0) is 14.4.